The van der Waals surface area contributed by atoms with Gasteiger partial charge in [-0.15, -0.1) is 0 Å². The number of nitrogens with zero attached hydrogens (tertiary/aromatic N) is 1. The molecule has 122 valence electrons. The van der Waals surface area contributed by atoms with Crippen molar-refractivity contribution in [3.63, 3.8) is 0 Å². The van der Waals surface area contributed by atoms with Crippen molar-refractivity contribution in [2.24, 2.45) is 11.8 Å². The third-order valence-corrected chi connectivity index (χ3v) is 4.36. The van der Waals surface area contributed by atoms with E-state index >= 15 is 0 Å². The Kier molecular flexibility index (Phi) is 8.35. The smallest absolute Gasteiger partial charge is 0.303 e. The fraction of sp³-hybridized carbons (Fsp3) is 0.875. The van der Waals surface area contributed by atoms with Crippen molar-refractivity contribution in [1.82, 2.24) is 10.2 Å². The summed E-state index contributed by atoms with van der Waals surface area (Å²) in [6.45, 7) is 7.99. The zero-order chi connectivity index (χ0) is 15.7. The quantitative estimate of drug-likeness (QED) is 0.648. The maximum atomic E-state index is 11.8. The fourth-order valence-electron chi connectivity index (χ4n) is 2.87. The first-order valence-electron chi connectivity index (χ1n) is 8.20. The van der Waals surface area contributed by atoms with Crippen LogP contribution in [0.4, 0.5) is 0 Å². The minimum Gasteiger partial charge on any atom is -0.481 e. The number of hydrogen-bond donors (Lipinski definition) is 2. The highest BCUT2D eigenvalue weighted by molar-refractivity contribution is 5.76. The Morgan fingerprint density at radius 1 is 1.14 bits per heavy atom. The van der Waals surface area contributed by atoms with Crippen LogP contribution in [-0.4, -0.2) is 48.1 Å². The van der Waals surface area contributed by atoms with Gasteiger partial charge < -0.3 is 15.3 Å². The minimum absolute atomic E-state index is 0.114. The number of amides is 1. The Morgan fingerprint density at radius 3 is 2.38 bits per heavy atom. The Morgan fingerprint density at radius 2 is 1.81 bits per heavy atom. The van der Waals surface area contributed by atoms with Gasteiger partial charge in [-0.2, -0.15) is 0 Å². The molecule has 1 amide bonds. The number of carboxylic acids is 1. The summed E-state index contributed by atoms with van der Waals surface area (Å²) < 4.78 is 0. The molecule has 0 radical (unpaired) electrons. The number of likely N-dealkylation sites (tertiary alicyclic amines) is 1. The summed E-state index contributed by atoms with van der Waals surface area (Å²) in [7, 11) is 0. The second-order valence-electron chi connectivity index (χ2n) is 6.37. The summed E-state index contributed by atoms with van der Waals surface area (Å²) in [4.78, 5) is 24.8. The SMILES string of the molecule is CC(C)C(CCNC(=O)CCN1CCCC1)CCC(=O)O. The van der Waals surface area contributed by atoms with E-state index in [2.05, 4.69) is 24.1 Å². The summed E-state index contributed by atoms with van der Waals surface area (Å²) in [6, 6.07) is 0. The number of nitrogens with one attached hydrogen (secondary N) is 1. The van der Waals surface area contributed by atoms with Crippen molar-refractivity contribution in [1.29, 1.82) is 0 Å². The first-order valence-corrected chi connectivity index (χ1v) is 8.20. The van der Waals surface area contributed by atoms with E-state index in [0.29, 0.717) is 31.2 Å². The highest BCUT2D eigenvalue weighted by Crippen LogP contribution is 2.20. The van der Waals surface area contributed by atoms with E-state index in [-0.39, 0.29) is 12.3 Å². The lowest BCUT2D eigenvalue weighted by atomic mass is 9.88. The molecule has 1 aliphatic heterocycles. The molecule has 1 aliphatic rings. The van der Waals surface area contributed by atoms with E-state index in [9.17, 15) is 9.59 Å². The Balaban J connectivity index is 2.13. The van der Waals surface area contributed by atoms with Crippen LogP contribution in [0.3, 0.4) is 0 Å². The number of rotatable bonds is 10. The monoisotopic (exact) mass is 298 g/mol. The van der Waals surface area contributed by atoms with Crippen LogP contribution in [0.25, 0.3) is 0 Å². The normalized spacial score (nSPS) is 17.1. The molecule has 1 rings (SSSR count). The van der Waals surface area contributed by atoms with Crippen molar-refractivity contribution in [2.45, 2.75) is 52.4 Å². The molecule has 1 unspecified atom stereocenters. The highest BCUT2D eigenvalue weighted by atomic mass is 16.4. The molecule has 0 saturated carbocycles. The van der Waals surface area contributed by atoms with Crippen molar-refractivity contribution in [3.05, 3.63) is 0 Å². The molecule has 1 atom stereocenters. The van der Waals surface area contributed by atoms with Gasteiger partial charge >= 0.3 is 5.97 Å². The van der Waals surface area contributed by atoms with E-state index in [1.165, 1.54) is 12.8 Å². The van der Waals surface area contributed by atoms with Gasteiger partial charge in [0.1, 0.15) is 0 Å². The molecule has 5 nitrogen and oxygen atoms in total. The largest absolute Gasteiger partial charge is 0.481 e. The van der Waals surface area contributed by atoms with Crippen molar-refractivity contribution < 1.29 is 14.7 Å². The van der Waals surface area contributed by atoms with Crippen molar-refractivity contribution in [2.75, 3.05) is 26.2 Å². The van der Waals surface area contributed by atoms with Gasteiger partial charge in [0.15, 0.2) is 0 Å². The molecule has 1 heterocycles. The minimum atomic E-state index is -0.740. The van der Waals surface area contributed by atoms with Crippen LogP contribution in [-0.2, 0) is 9.59 Å². The zero-order valence-corrected chi connectivity index (χ0v) is 13.4. The standard InChI is InChI=1S/C16H30N2O3/c1-13(2)14(5-6-16(20)21)7-9-17-15(19)8-12-18-10-3-4-11-18/h13-14H,3-12H2,1-2H3,(H,17,19)(H,20,21). The van der Waals surface area contributed by atoms with Crippen LogP contribution >= 0.6 is 0 Å². The molecule has 0 bridgehead atoms. The predicted molar refractivity (Wildman–Crippen MR) is 83.1 cm³/mol. The molecule has 2 N–H and O–H groups in total. The average molecular weight is 298 g/mol. The third-order valence-electron chi connectivity index (χ3n) is 4.36. The second kappa shape index (κ2) is 9.77. The molecule has 5 heteroatoms. The first kappa shape index (κ1) is 18.0. The van der Waals surface area contributed by atoms with Crippen LogP contribution in [0.5, 0.6) is 0 Å². The molecule has 0 aromatic rings. The van der Waals surface area contributed by atoms with Gasteiger partial charge in [0.05, 0.1) is 0 Å². The summed E-state index contributed by atoms with van der Waals surface area (Å²) >= 11 is 0. The number of carboxylic acid groups (broad SMARTS) is 1. The summed E-state index contributed by atoms with van der Waals surface area (Å²) in [5.41, 5.74) is 0. The maximum absolute atomic E-state index is 11.8. The molecule has 0 spiro atoms. The number of aliphatic carboxylic acids is 1. The first-order chi connectivity index (χ1) is 9.99. The second-order valence-corrected chi connectivity index (χ2v) is 6.37. The molecule has 0 aromatic carbocycles. The van der Waals surface area contributed by atoms with Gasteiger partial charge in [-0.05, 0) is 50.6 Å². The highest BCUT2D eigenvalue weighted by Gasteiger charge is 2.16. The van der Waals surface area contributed by atoms with Gasteiger partial charge in [0.25, 0.3) is 0 Å². The molecular formula is C16H30N2O3. The molecule has 21 heavy (non-hydrogen) atoms. The summed E-state index contributed by atoms with van der Waals surface area (Å²) in [5.74, 6) is 0.184. The Bertz CT molecular complexity index is 325. The van der Waals surface area contributed by atoms with E-state index in [0.717, 1.165) is 26.1 Å². The van der Waals surface area contributed by atoms with Gasteiger partial charge in [0.2, 0.25) is 5.91 Å². The predicted octanol–water partition coefficient (Wildman–Crippen LogP) is 2.12. The van der Waals surface area contributed by atoms with Gasteiger partial charge in [-0.1, -0.05) is 13.8 Å². The molecular weight excluding hydrogens is 268 g/mol. The molecule has 0 aliphatic carbocycles. The van der Waals surface area contributed by atoms with Gasteiger partial charge in [0, 0.05) is 25.9 Å². The van der Waals surface area contributed by atoms with Crippen LogP contribution in [0.1, 0.15) is 52.4 Å². The van der Waals surface area contributed by atoms with E-state index in [1.807, 2.05) is 0 Å². The zero-order valence-electron chi connectivity index (χ0n) is 13.4. The van der Waals surface area contributed by atoms with Gasteiger partial charge in [-0.3, -0.25) is 9.59 Å². The average Bonchev–Trinajstić information content (AvgIpc) is 2.92. The summed E-state index contributed by atoms with van der Waals surface area (Å²) in [5, 5.41) is 11.7. The van der Waals surface area contributed by atoms with Crippen LogP contribution < -0.4 is 5.32 Å². The lowest BCUT2D eigenvalue weighted by Crippen LogP contribution is -2.31. The lowest BCUT2D eigenvalue weighted by molar-refractivity contribution is -0.137. The number of carbonyl (C=O) groups excluding carboxylic acids is 1. The maximum Gasteiger partial charge on any atom is 0.303 e. The fourth-order valence-corrected chi connectivity index (χ4v) is 2.87. The van der Waals surface area contributed by atoms with Crippen LogP contribution in [0.15, 0.2) is 0 Å². The van der Waals surface area contributed by atoms with E-state index in [1.54, 1.807) is 0 Å². The topological polar surface area (TPSA) is 69.6 Å². The lowest BCUT2D eigenvalue weighted by Gasteiger charge is -2.20. The van der Waals surface area contributed by atoms with Gasteiger partial charge in [-0.25, -0.2) is 0 Å². The molecule has 1 saturated heterocycles. The molecule has 1 fully saturated rings. The van der Waals surface area contributed by atoms with E-state index in [4.69, 9.17) is 5.11 Å². The molecule has 0 aromatic heterocycles. The number of carbonyl (C=O) groups is 2. The summed E-state index contributed by atoms with van der Waals surface area (Å²) in [6.07, 6.45) is 4.84. The third kappa shape index (κ3) is 8.05. The van der Waals surface area contributed by atoms with Crippen molar-refractivity contribution in [3.8, 4) is 0 Å². The van der Waals surface area contributed by atoms with E-state index < -0.39 is 5.97 Å². The Labute approximate surface area is 128 Å². The van der Waals surface area contributed by atoms with Crippen LogP contribution in [0, 0.1) is 11.8 Å². The van der Waals surface area contributed by atoms with Crippen LogP contribution in [0.2, 0.25) is 0 Å². The Hall–Kier alpha value is -1.10. The van der Waals surface area contributed by atoms with Crippen molar-refractivity contribution >= 4 is 11.9 Å². The number of hydrogen-bond acceptors (Lipinski definition) is 3.